The van der Waals surface area contributed by atoms with Crippen molar-refractivity contribution in [2.45, 2.75) is 0 Å². The van der Waals surface area contributed by atoms with Gasteiger partial charge in [-0.25, -0.2) is 0 Å². The van der Waals surface area contributed by atoms with Gasteiger partial charge in [-0.1, -0.05) is 78.9 Å². The van der Waals surface area contributed by atoms with Gasteiger partial charge in [0.15, 0.2) is 0 Å². The number of hydrogen-bond acceptors (Lipinski definition) is 2. The monoisotopic (exact) mass is 512 g/mol. The second-order valence-corrected chi connectivity index (χ2v) is 9.80. The van der Waals surface area contributed by atoms with E-state index >= 15 is 0 Å². The fourth-order valence-corrected chi connectivity index (χ4v) is 6.31. The first-order valence-electron chi connectivity index (χ1n) is 11.6. The molecule has 0 N–H and O–H groups in total. The largest absolute Gasteiger partial charge is 0.456 e. The van der Waals surface area contributed by atoms with Crippen LogP contribution < -0.4 is 0 Å². The van der Waals surface area contributed by atoms with Gasteiger partial charge in [0.05, 0.1) is 0 Å². The summed E-state index contributed by atoms with van der Waals surface area (Å²) in [7, 11) is 0. The molecule has 0 fully saturated rings. The maximum absolute atomic E-state index is 6.44. The zero-order chi connectivity index (χ0) is 23.1. The van der Waals surface area contributed by atoms with E-state index in [1.165, 1.54) is 27.1 Å². The van der Waals surface area contributed by atoms with E-state index < -0.39 is 0 Å². The smallest absolute Gasteiger partial charge is 0.136 e. The van der Waals surface area contributed by atoms with Crippen LogP contribution in [0.2, 0.25) is 0 Å². The fourth-order valence-electron chi connectivity index (χ4n) is 5.62. The molecule has 0 saturated carbocycles. The van der Waals surface area contributed by atoms with Crippen LogP contribution in [0.4, 0.5) is 0 Å². The van der Waals surface area contributed by atoms with Crippen LogP contribution in [-0.2, 0) is 0 Å². The molecule has 0 aliphatic carbocycles. The van der Waals surface area contributed by atoms with Gasteiger partial charge < -0.3 is 8.83 Å². The molecule has 0 radical (unpaired) electrons. The van der Waals surface area contributed by atoms with Gasteiger partial charge in [-0.2, -0.15) is 0 Å². The highest BCUT2D eigenvalue weighted by molar-refractivity contribution is 9.10. The van der Waals surface area contributed by atoms with E-state index in [0.29, 0.717) is 0 Å². The van der Waals surface area contributed by atoms with Crippen LogP contribution in [-0.4, -0.2) is 0 Å². The number of furan rings is 2. The second kappa shape index (κ2) is 6.97. The Kier molecular flexibility index (Phi) is 3.83. The topological polar surface area (TPSA) is 26.3 Å². The summed E-state index contributed by atoms with van der Waals surface area (Å²) in [5, 5.41) is 9.19. The number of para-hydroxylation sites is 1. The van der Waals surface area contributed by atoms with Crippen molar-refractivity contribution in [1.82, 2.24) is 0 Å². The molecule has 3 heteroatoms. The molecule has 2 heterocycles. The molecule has 0 bridgehead atoms. The molecule has 0 aliphatic rings. The fraction of sp³-hybridized carbons (Fsp3) is 0. The molecule has 8 aromatic rings. The van der Waals surface area contributed by atoms with Crippen LogP contribution in [0.25, 0.3) is 76.5 Å². The Balaban J connectivity index is 1.57. The third-order valence-electron chi connectivity index (χ3n) is 7.13. The maximum Gasteiger partial charge on any atom is 0.136 e. The first-order chi connectivity index (χ1) is 17.3. The lowest BCUT2D eigenvalue weighted by Crippen LogP contribution is -1.88. The Hall–Kier alpha value is -4.08. The molecule has 0 unspecified atom stereocenters. The molecule has 0 aliphatic heterocycles. The summed E-state index contributed by atoms with van der Waals surface area (Å²) in [6.07, 6.45) is 0. The van der Waals surface area contributed by atoms with Gasteiger partial charge >= 0.3 is 0 Å². The van der Waals surface area contributed by atoms with Crippen molar-refractivity contribution < 1.29 is 8.83 Å². The normalized spacial score (nSPS) is 12.1. The average molecular weight is 513 g/mol. The highest BCUT2D eigenvalue weighted by atomic mass is 79.9. The minimum absolute atomic E-state index is 0.872. The van der Waals surface area contributed by atoms with Crippen molar-refractivity contribution in [1.29, 1.82) is 0 Å². The molecular weight excluding hydrogens is 496 g/mol. The van der Waals surface area contributed by atoms with Crippen LogP contribution in [0.5, 0.6) is 0 Å². The van der Waals surface area contributed by atoms with Crippen LogP contribution in [0, 0.1) is 0 Å². The van der Waals surface area contributed by atoms with Crippen LogP contribution >= 0.6 is 15.9 Å². The standard InChI is InChI=1S/C32H17BrO2/c33-32-21-11-3-1-9-19(21)30(20-10-2-4-12-22(20)32)23-13-7-15-27-31(23)25-17-28-24(16-29(25)35-27)18-8-5-6-14-26(18)34-28/h1-17H. The quantitative estimate of drug-likeness (QED) is 0.204. The van der Waals surface area contributed by atoms with Crippen LogP contribution in [0.15, 0.2) is 116 Å². The molecule has 35 heavy (non-hydrogen) atoms. The van der Waals surface area contributed by atoms with E-state index in [4.69, 9.17) is 8.83 Å². The molecule has 6 aromatic carbocycles. The molecule has 8 rings (SSSR count). The minimum atomic E-state index is 0.872. The first-order valence-corrected chi connectivity index (χ1v) is 12.4. The third kappa shape index (κ3) is 2.59. The van der Waals surface area contributed by atoms with Crippen molar-refractivity contribution in [3.05, 3.63) is 108 Å². The lowest BCUT2D eigenvalue weighted by atomic mass is 9.90. The van der Waals surface area contributed by atoms with Gasteiger partial charge in [0.25, 0.3) is 0 Å². The van der Waals surface area contributed by atoms with E-state index in [2.05, 4.69) is 101 Å². The molecule has 0 atom stereocenters. The predicted molar refractivity (Wildman–Crippen MR) is 149 cm³/mol. The van der Waals surface area contributed by atoms with E-state index in [1.54, 1.807) is 0 Å². The molecule has 0 saturated heterocycles. The van der Waals surface area contributed by atoms with Crippen molar-refractivity contribution in [3.8, 4) is 11.1 Å². The van der Waals surface area contributed by atoms with Gasteiger partial charge in [0, 0.05) is 26.0 Å². The SMILES string of the molecule is Brc1c2ccccc2c(-c2cccc3oc4cc5c(cc4c23)oc2ccccc25)c2ccccc12. The van der Waals surface area contributed by atoms with Gasteiger partial charge in [-0.05, 0) is 72.9 Å². The summed E-state index contributed by atoms with van der Waals surface area (Å²) in [5.41, 5.74) is 5.91. The minimum Gasteiger partial charge on any atom is -0.456 e. The van der Waals surface area contributed by atoms with E-state index in [0.717, 1.165) is 53.9 Å². The molecule has 0 spiro atoms. The van der Waals surface area contributed by atoms with Gasteiger partial charge in [-0.15, -0.1) is 0 Å². The van der Waals surface area contributed by atoms with Crippen molar-refractivity contribution in [3.63, 3.8) is 0 Å². The van der Waals surface area contributed by atoms with E-state index in [9.17, 15) is 0 Å². The lowest BCUT2D eigenvalue weighted by Gasteiger charge is -2.15. The van der Waals surface area contributed by atoms with Crippen molar-refractivity contribution in [2.24, 2.45) is 0 Å². The zero-order valence-electron chi connectivity index (χ0n) is 18.5. The Morgan fingerprint density at radius 2 is 0.971 bits per heavy atom. The summed E-state index contributed by atoms with van der Waals surface area (Å²) in [6.45, 7) is 0. The maximum atomic E-state index is 6.44. The summed E-state index contributed by atoms with van der Waals surface area (Å²) < 4.78 is 13.8. The highest BCUT2D eigenvalue weighted by Gasteiger charge is 2.20. The first kappa shape index (κ1) is 19.2. The number of benzene rings is 6. The lowest BCUT2D eigenvalue weighted by molar-refractivity contribution is 0.664. The number of fused-ring (bicyclic) bond motifs is 8. The summed E-state index contributed by atoms with van der Waals surface area (Å²) in [6, 6.07) is 36.0. The molecular formula is C32H17BrO2. The highest BCUT2D eigenvalue weighted by Crippen LogP contribution is 2.46. The molecule has 164 valence electrons. The van der Waals surface area contributed by atoms with E-state index in [1.807, 2.05) is 18.2 Å². The average Bonchev–Trinajstić information content (AvgIpc) is 3.45. The third-order valence-corrected chi connectivity index (χ3v) is 7.98. The predicted octanol–water partition coefficient (Wildman–Crippen LogP) is 10.2. The summed E-state index contributed by atoms with van der Waals surface area (Å²) in [5.74, 6) is 0. The second-order valence-electron chi connectivity index (χ2n) is 9.00. The Labute approximate surface area is 208 Å². The number of hydrogen-bond donors (Lipinski definition) is 0. The Bertz CT molecular complexity index is 2070. The zero-order valence-corrected chi connectivity index (χ0v) is 20.1. The molecule has 0 amide bonds. The van der Waals surface area contributed by atoms with Crippen LogP contribution in [0.3, 0.4) is 0 Å². The Morgan fingerprint density at radius 1 is 0.429 bits per heavy atom. The number of halogens is 1. The van der Waals surface area contributed by atoms with Gasteiger partial charge in [0.2, 0.25) is 0 Å². The number of rotatable bonds is 1. The van der Waals surface area contributed by atoms with Crippen molar-refractivity contribution in [2.75, 3.05) is 0 Å². The molecule has 2 aromatic heterocycles. The Morgan fingerprint density at radius 3 is 1.71 bits per heavy atom. The van der Waals surface area contributed by atoms with Crippen molar-refractivity contribution >= 4 is 81.4 Å². The van der Waals surface area contributed by atoms with Crippen LogP contribution in [0.1, 0.15) is 0 Å². The van der Waals surface area contributed by atoms with Gasteiger partial charge in [-0.3, -0.25) is 0 Å². The summed E-state index contributed by atoms with van der Waals surface area (Å²) >= 11 is 3.88. The molecule has 2 nitrogen and oxygen atoms in total. The van der Waals surface area contributed by atoms with Gasteiger partial charge in [0.1, 0.15) is 22.3 Å². The van der Waals surface area contributed by atoms with E-state index in [-0.39, 0.29) is 0 Å². The summed E-state index contributed by atoms with van der Waals surface area (Å²) in [4.78, 5) is 0.